The summed E-state index contributed by atoms with van der Waals surface area (Å²) in [6, 6.07) is 13.2. The summed E-state index contributed by atoms with van der Waals surface area (Å²) in [5.74, 6) is 0.570. The highest BCUT2D eigenvalue weighted by molar-refractivity contribution is 7.10. The number of benzene rings is 1. The molecule has 3 rings (SSSR count). The van der Waals surface area contributed by atoms with Crippen LogP contribution >= 0.6 is 11.5 Å². The molecule has 0 saturated heterocycles. The standard InChI is InChI=1S/C14H13N3S/c1-9-12(8-15)14(18-17-9)16-13-7-11(13)10-5-3-2-4-6-10/h2-6,11,13,16H,7H2,1H3. The molecular formula is C14H13N3S. The van der Waals surface area contributed by atoms with E-state index in [0.717, 1.165) is 17.1 Å². The molecule has 1 aromatic heterocycles. The van der Waals surface area contributed by atoms with Crippen LogP contribution in [0.5, 0.6) is 0 Å². The maximum atomic E-state index is 9.08. The van der Waals surface area contributed by atoms with Gasteiger partial charge in [-0.25, -0.2) is 0 Å². The van der Waals surface area contributed by atoms with Crippen molar-refractivity contribution in [1.82, 2.24) is 4.37 Å². The SMILES string of the molecule is Cc1nsc(NC2CC2c2ccccc2)c1C#N. The Bertz CT molecular complexity index is 597. The van der Waals surface area contributed by atoms with Gasteiger partial charge in [-0.3, -0.25) is 0 Å². The molecule has 90 valence electrons. The van der Waals surface area contributed by atoms with E-state index in [9.17, 15) is 0 Å². The number of aryl methyl sites for hydroxylation is 1. The Hall–Kier alpha value is -1.86. The molecule has 1 aliphatic carbocycles. The van der Waals surface area contributed by atoms with E-state index >= 15 is 0 Å². The number of hydrogen-bond donors (Lipinski definition) is 1. The predicted molar refractivity (Wildman–Crippen MR) is 72.8 cm³/mol. The molecule has 2 unspecified atom stereocenters. The normalized spacial score (nSPS) is 21.3. The quantitative estimate of drug-likeness (QED) is 0.915. The van der Waals surface area contributed by atoms with Crippen molar-refractivity contribution in [2.45, 2.75) is 25.3 Å². The molecule has 4 heteroatoms. The van der Waals surface area contributed by atoms with E-state index in [0.29, 0.717) is 17.5 Å². The van der Waals surface area contributed by atoms with E-state index in [1.165, 1.54) is 17.1 Å². The molecule has 1 fully saturated rings. The third kappa shape index (κ3) is 1.98. The first kappa shape index (κ1) is 11.2. The highest BCUT2D eigenvalue weighted by Crippen LogP contribution is 2.43. The van der Waals surface area contributed by atoms with Gasteiger partial charge in [0.1, 0.15) is 16.6 Å². The summed E-state index contributed by atoms with van der Waals surface area (Å²) >= 11 is 1.38. The van der Waals surface area contributed by atoms with Gasteiger partial charge in [0.25, 0.3) is 0 Å². The van der Waals surface area contributed by atoms with Crippen molar-refractivity contribution >= 4 is 16.5 Å². The lowest BCUT2D eigenvalue weighted by Crippen LogP contribution is -2.03. The van der Waals surface area contributed by atoms with Gasteiger partial charge in [0, 0.05) is 12.0 Å². The molecule has 2 aromatic rings. The van der Waals surface area contributed by atoms with Crippen LogP contribution in [0.15, 0.2) is 30.3 Å². The van der Waals surface area contributed by atoms with Gasteiger partial charge >= 0.3 is 0 Å². The summed E-state index contributed by atoms with van der Waals surface area (Å²) in [4.78, 5) is 0. The van der Waals surface area contributed by atoms with Crippen molar-refractivity contribution < 1.29 is 0 Å². The summed E-state index contributed by atoms with van der Waals surface area (Å²) < 4.78 is 4.22. The number of rotatable bonds is 3. The topological polar surface area (TPSA) is 48.7 Å². The maximum absolute atomic E-state index is 9.08. The third-order valence-corrected chi connectivity index (χ3v) is 4.18. The van der Waals surface area contributed by atoms with Crippen LogP contribution < -0.4 is 5.32 Å². The van der Waals surface area contributed by atoms with Gasteiger partial charge < -0.3 is 5.32 Å². The molecule has 1 saturated carbocycles. The van der Waals surface area contributed by atoms with Crippen LogP contribution in [0.25, 0.3) is 0 Å². The first-order chi connectivity index (χ1) is 8.79. The lowest BCUT2D eigenvalue weighted by Gasteiger charge is -2.03. The van der Waals surface area contributed by atoms with E-state index in [1.54, 1.807) is 0 Å². The van der Waals surface area contributed by atoms with Gasteiger partial charge in [0.15, 0.2) is 0 Å². The largest absolute Gasteiger partial charge is 0.371 e. The van der Waals surface area contributed by atoms with Crippen LogP contribution in [0.4, 0.5) is 5.00 Å². The highest BCUT2D eigenvalue weighted by atomic mass is 32.1. The average Bonchev–Trinajstić information content (AvgIpc) is 3.08. The van der Waals surface area contributed by atoms with Crippen LogP contribution in [0.2, 0.25) is 0 Å². The van der Waals surface area contributed by atoms with E-state index < -0.39 is 0 Å². The van der Waals surface area contributed by atoms with Gasteiger partial charge in [0.2, 0.25) is 0 Å². The Kier molecular flexibility index (Phi) is 2.77. The smallest absolute Gasteiger partial charge is 0.127 e. The van der Waals surface area contributed by atoms with Crippen molar-refractivity contribution in [1.29, 1.82) is 5.26 Å². The second-order valence-corrected chi connectivity index (χ2v) is 5.36. The third-order valence-electron chi connectivity index (χ3n) is 3.31. The van der Waals surface area contributed by atoms with Gasteiger partial charge in [-0.05, 0) is 30.4 Å². The fourth-order valence-electron chi connectivity index (χ4n) is 2.19. The number of nitrogens with zero attached hydrogens (tertiary/aromatic N) is 2. The van der Waals surface area contributed by atoms with Crippen LogP contribution in [0.1, 0.15) is 29.2 Å². The Balaban J connectivity index is 1.72. The van der Waals surface area contributed by atoms with Gasteiger partial charge in [-0.1, -0.05) is 30.3 Å². The number of anilines is 1. The van der Waals surface area contributed by atoms with Gasteiger partial charge in [-0.2, -0.15) is 9.64 Å². The molecule has 1 aliphatic rings. The number of nitriles is 1. The summed E-state index contributed by atoms with van der Waals surface area (Å²) in [7, 11) is 0. The van der Waals surface area contributed by atoms with Crippen molar-refractivity contribution in [2.24, 2.45) is 0 Å². The summed E-state index contributed by atoms with van der Waals surface area (Å²) in [5, 5.41) is 13.4. The molecule has 0 aliphatic heterocycles. The minimum atomic E-state index is 0.444. The molecule has 2 atom stereocenters. The van der Waals surface area contributed by atoms with Gasteiger partial charge in [0.05, 0.1) is 5.69 Å². The second kappa shape index (κ2) is 4.43. The Labute approximate surface area is 110 Å². The zero-order valence-electron chi connectivity index (χ0n) is 10.1. The van der Waals surface area contributed by atoms with Crippen molar-refractivity contribution in [3.63, 3.8) is 0 Å². The molecule has 3 nitrogen and oxygen atoms in total. The number of hydrogen-bond acceptors (Lipinski definition) is 4. The van der Waals surface area contributed by atoms with E-state index in [-0.39, 0.29) is 0 Å². The lowest BCUT2D eigenvalue weighted by molar-refractivity contribution is 1.05. The first-order valence-corrected chi connectivity index (χ1v) is 6.75. The predicted octanol–water partition coefficient (Wildman–Crippen LogP) is 3.29. The second-order valence-electron chi connectivity index (χ2n) is 4.59. The highest BCUT2D eigenvalue weighted by Gasteiger charge is 2.39. The Morgan fingerprint density at radius 3 is 2.89 bits per heavy atom. The molecule has 18 heavy (non-hydrogen) atoms. The molecule has 0 spiro atoms. The molecule has 0 bridgehead atoms. The van der Waals surface area contributed by atoms with Crippen LogP contribution in [-0.2, 0) is 0 Å². The lowest BCUT2D eigenvalue weighted by atomic mass is 10.1. The molecule has 1 N–H and O–H groups in total. The monoisotopic (exact) mass is 255 g/mol. The molecule has 0 amide bonds. The van der Waals surface area contributed by atoms with Crippen LogP contribution in [0.3, 0.4) is 0 Å². The summed E-state index contributed by atoms with van der Waals surface area (Å²) in [6.07, 6.45) is 1.13. The average molecular weight is 255 g/mol. The fourth-order valence-corrected chi connectivity index (χ4v) is 3.00. The Morgan fingerprint density at radius 1 is 1.39 bits per heavy atom. The molecule has 1 aromatic carbocycles. The molecule has 1 heterocycles. The van der Waals surface area contributed by atoms with E-state index in [1.807, 2.05) is 13.0 Å². The van der Waals surface area contributed by atoms with Gasteiger partial charge in [-0.15, -0.1) is 0 Å². The Morgan fingerprint density at radius 2 is 2.17 bits per heavy atom. The minimum absolute atomic E-state index is 0.444. The summed E-state index contributed by atoms with van der Waals surface area (Å²) in [6.45, 7) is 1.88. The van der Waals surface area contributed by atoms with Crippen molar-refractivity contribution in [3.05, 3.63) is 47.2 Å². The summed E-state index contributed by atoms with van der Waals surface area (Å²) in [5.41, 5.74) is 2.88. The number of nitrogens with one attached hydrogen (secondary N) is 1. The zero-order valence-corrected chi connectivity index (χ0v) is 10.9. The first-order valence-electron chi connectivity index (χ1n) is 5.97. The zero-order chi connectivity index (χ0) is 12.5. The van der Waals surface area contributed by atoms with E-state index in [4.69, 9.17) is 5.26 Å². The van der Waals surface area contributed by atoms with Crippen molar-refractivity contribution in [3.8, 4) is 6.07 Å². The molecular weight excluding hydrogens is 242 g/mol. The van der Waals surface area contributed by atoms with Crippen molar-refractivity contribution in [2.75, 3.05) is 5.32 Å². The van der Waals surface area contributed by atoms with Crippen LogP contribution in [0, 0.1) is 18.3 Å². The molecule has 0 radical (unpaired) electrons. The maximum Gasteiger partial charge on any atom is 0.127 e. The van der Waals surface area contributed by atoms with E-state index in [2.05, 4.69) is 40.0 Å². The van der Waals surface area contributed by atoms with Crippen LogP contribution in [-0.4, -0.2) is 10.4 Å². The fraction of sp³-hybridized carbons (Fsp3) is 0.286. The minimum Gasteiger partial charge on any atom is -0.371 e. The number of aromatic nitrogens is 1.